The van der Waals surface area contributed by atoms with Gasteiger partial charge >= 0.3 is 0 Å². The van der Waals surface area contributed by atoms with Gasteiger partial charge in [0.05, 0.1) is 17.1 Å². The van der Waals surface area contributed by atoms with Gasteiger partial charge in [-0.15, -0.1) is 0 Å². The number of piperazine rings is 1. The van der Waals surface area contributed by atoms with Gasteiger partial charge in [-0.05, 0) is 31.2 Å². The van der Waals surface area contributed by atoms with Crippen molar-refractivity contribution in [2.24, 2.45) is 0 Å². The van der Waals surface area contributed by atoms with Crippen LogP contribution in [-0.4, -0.2) is 63.2 Å². The summed E-state index contributed by atoms with van der Waals surface area (Å²) in [6.45, 7) is 7.17. The van der Waals surface area contributed by atoms with Crippen LogP contribution >= 0.6 is 0 Å². The minimum Gasteiger partial charge on any atom is -0.340 e. The molecule has 144 valence electrons. The third-order valence-electron chi connectivity index (χ3n) is 5.38. The van der Waals surface area contributed by atoms with Crippen molar-refractivity contribution in [3.8, 4) is 0 Å². The predicted octanol–water partition coefficient (Wildman–Crippen LogP) is 1.05. The fourth-order valence-electron chi connectivity index (χ4n) is 3.81. The smallest absolute Gasteiger partial charge is 0.223 e. The molecule has 4 rings (SSSR count). The number of pyridine rings is 1. The largest absolute Gasteiger partial charge is 0.340 e. The summed E-state index contributed by atoms with van der Waals surface area (Å²) in [5.74, 6) is 0.244. The van der Waals surface area contributed by atoms with Crippen molar-refractivity contribution < 1.29 is 4.79 Å². The molecular formula is C20H28N6O. The molecule has 2 aromatic heterocycles. The van der Waals surface area contributed by atoms with E-state index >= 15 is 0 Å². The number of nitrogens with one attached hydrogen (secondary N) is 1. The van der Waals surface area contributed by atoms with Crippen molar-refractivity contribution in [1.29, 1.82) is 0 Å². The van der Waals surface area contributed by atoms with E-state index in [0.717, 1.165) is 76.6 Å². The average Bonchev–Trinajstić information content (AvgIpc) is 2.96. The first-order chi connectivity index (χ1) is 13.3. The Labute approximate surface area is 160 Å². The minimum atomic E-state index is 0.244. The second-order valence-corrected chi connectivity index (χ2v) is 7.36. The van der Waals surface area contributed by atoms with Crippen LogP contribution in [0.3, 0.4) is 0 Å². The zero-order valence-electron chi connectivity index (χ0n) is 15.8. The quantitative estimate of drug-likeness (QED) is 0.855. The summed E-state index contributed by atoms with van der Waals surface area (Å²) in [4.78, 5) is 21.3. The van der Waals surface area contributed by atoms with Gasteiger partial charge < -0.3 is 10.2 Å². The van der Waals surface area contributed by atoms with Crippen LogP contribution < -0.4 is 5.32 Å². The van der Waals surface area contributed by atoms with E-state index in [1.165, 1.54) is 5.69 Å². The molecule has 0 aliphatic carbocycles. The maximum atomic E-state index is 12.6. The molecule has 4 heterocycles. The summed E-state index contributed by atoms with van der Waals surface area (Å²) >= 11 is 0. The highest BCUT2D eigenvalue weighted by Crippen LogP contribution is 2.12. The zero-order chi connectivity index (χ0) is 18.5. The van der Waals surface area contributed by atoms with Crippen LogP contribution in [0.4, 0.5) is 0 Å². The van der Waals surface area contributed by atoms with Gasteiger partial charge in [0, 0.05) is 64.9 Å². The van der Waals surface area contributed by atoms with E-state index in [1.807, 2.05) is 23.2 Å². The maximum absolute atomic E-state index is 12.6. The molecule has 2 aromatic rings. The molecule has 1 N–H and O–H groups in total. The summed E-state index contributed by atoms with van der Waals surface area (Å²) in [6, 6.07) is 8.16. The van der Waals surface area contributed by atoms with Crippen LogP contribution in [0, 0.1) is 0 Å². The van der Waals surface area contributed by atoms with Crippen LogP contribution in [0.5, 0.6) is 0 Å². The van der Waals surface area contributed by atoms with Crippen molar-refractivity contribution in [1.82, 2.24) is 29.9 Å². The number of hydrogen-bond acceptors (Lipinski definition) is 5. The first-order valence-electron chi connectivity index (χ1n) is 9.94. The SMILES string of the molecule is O=C(CCc1cc2n(n1)CCCNC2)N1CCN(Cc2ccccn2)CC1. The number of nitrogens with zero attached hydrogens (tertiary/aromatic N) is 5. The molecule has 1 fully saturated rings. The average molecular weight is 368 g/mol. The Balaban J connectivity index is 1.23. The molecule has 0 unspecified atom stereocenters. The monoisotopic (exact) mass is 368 g/mol. The number of aryl methyl sites for hydroxylation is 2. The molecule has 0 saturated carbocycles. The van der Waals surface area contributed by atoms with Gasteiger partial charge in [-0.1, -0.05) is 6.07 Å². The van der Waals surface area contributed by atoms with E-state index in [-0.39, 0.29) is 5.91 Å². The number of carbonyl (C=O) groups excluding carboxylic acids is 1. The van der Waals surface area contributed by atoms with Crippen LogP contribution in [0.25, 0.3) is 0 Å². The molecule has 1 amide bonds. The van der Waals surface area contributed by atoms with Crippen molar-refractivity contribution in [3.05, 3.63) is 47.5 Å². The van der Waals surface area contributed by atoms with Crippen LogP contribution in [0.2, 0.25) is 0 Å². The number of carbonyl (C=O) groups is 1. The van der Waals surface area contributed by atoms with Crippen LogP contribution in [0.15, 0.2) is 30.5 Å². The Morgan fingerprint density at radius 1 is 1.11 bits per heavy atom. The van der Waals surface area contributed by atoms with Crippen molar-refractivity contribution in [2.75, 3.05) is 32.7 Å². The second-order valence-electron chi connectivity index (χ2n) is 7.36. The second kappa shape index (κ2) is 8.63. The summed E-state index contributed by atoms with van der Waals surface area (Å²) in [7, 11) is 0. The van der Waals surface area contributed by atoms with Gasteiger partial charge in [0.25, 0.3) is 0 Å². The van der Waals surface area contributed by atoms with E-state index < -0.39 is 0 Å². The number of fused-ring (bicyclic) bond motifs is 1. The van der Waals surface area contributed by atoms with Crippen LogP contribution in [0.1, 0.15) is 29.9 Å². The van der Waals surface area contributed by atoms with E-state index in [2.05, 4.69) is 37.1 Å². The standard InChI is InChI=1S/C20H28N6O/c27-20(6-5-17-14-19-15-21-7-3-9-26(19)23-17)25-12-10-24(11-13-25)16-18-4-1-2-8-22-18/h1-2,4,8,14,21H,3,5-7,9-13,15-16H2. The lowest BCUT2D eigenvalue weighted by Crippen LogP contribution is -2.48. The number of aromatic nitrogens is 3. The Morgan fingerprint density at radius 2 is 2.00 bits per heavy atom. The highest BCUT2D eigenvalue weighted by molar-refractivity contribution is 5.76. The summed E-state index contributed by atoms with van der Waals surface area (Å²) in [5.41, 5.74) is 3.36. The molecule has 0 bridgehead atoms. The molecule has 2 aliphatic rings. The Kier molecular flexibility index (Phi) is 5.79. The highest BCUT2D eigenvalue weighted by atomic mass is 16.2. The van der Waals surface area contributed by atoms with E-state index in [4.69, 9.17) is 0 Å². The molecule has 7 heteroatoms. The lowest BCUT2D eigenvalue weighted by molar-refractivity contribution is -0.133. The van der Waals surface area contributed by atoms with Gasteiger partial charge in [-0.2, -0.15) is 5.10 Å². The summed E-state index contributed by atoms with van der Waals surface area (Å²) in [5, 5.41) is 8.09. The van der Waals surface area contributed by atoms with E-state index in [0.29, 0.717) is 6.42 Å². The topological polar surface area (TPSA) is 66.3 Å². The van der Waals surface area contributed by atoms with Gasteiger partial charge in [-0.25, -0.2) is 0 Å². The summed E-state index contributed by atoms with van der Waals surface area (Å²) in [6.07, 6.45) is 4.22. The molecule has 0 spiro atoms. The highest BCUT2D eigenvalue weighted by Gasteiger charge is 2.21. The van der Waals surface area contributed by atoms with E-state index in [9.17, 15) is 4.79 Å². The Bertz CT molecular complexity index is 728. The lowest BCUT2D eigenvalue weighted by atomic mass is 10.2. The number of rotatable bonds is 5. The molecule has 27 heavy (non-hydrogen) atoms. The molecule has 0 aromatic carbocycles. The van der Waals surface area contributed by atoms with Gasteiger partial charge in [0.1, 0.15) is 0 Å². The molecule has 0 radical (unpaired) electrons. The van der Waals surface area contributed by atoms with Crippen molar-refractivity contribution in [3.63, 3.8) is 0 Å². The Morgan fingerprint density at radius 3 is 2.81 bits per heavy atom. The molecular weight excluding hydrogens is 340 g/mol. The lowest BCUT2D eigenvalue weighted by Gasteiger charge is -2.34. The van der Waals surface area contributed by atoms with Crippen LogP contribution in [-0.2, 0) is 30.8 Å². The molecule has 2 aliphatic heterocycles. The van der Waals surface area contributed by atoms with Gasteiger partial charge in [-0.3, -0.25) is 19.4 Å². The first-order valence-corrected chi connectivity index (χ1v) is 9.94. The fraction of sp³-hybridized carbons (Fsp3) is 0.550. The van der Waals surface area contributed by atoms with E-state index in [1.54, 1.807) is 0 Å². The molecule has 0 atom stereocenters. The van der Waals surface area contributed by atoms with Gasteiger partial charge in [0.2, 0.25) is 5.91 Å². The number of amides is 1. The first kappa shape index (κ1) is 18.1. The third kappa shape index (κ3) is 4.73. The Hall–Kier alpha value is -2.25. The third-order valence-corrected chi connectivity index (χ3v) is 5.38. The zero-order valence-corrected chi connectivity index (χ0v) is 15.8. The molecule has 7 nitrogen and oxygen atoms in total. The van der Waals surface area contributed by atoms with Gasteiger partial charge in [0.15, 0.2) is 0 Å². The molecule has 1 saturated heterocycles. The van der Waals surface area contributed by atoms with Crippen molar-refractivity contribution in [2.45, 2.75) is 38.9 Å². The normalized spacial score (nSPS) is 18.1. The minimum absolute atomic E-state index is 0.244. The summed E-state index contributed by atoms with van der Waals surface area (Å²) < 4.78 is 2.09. The maximum Gasteiger partial charge on any atom is 0.223 e. The fourth-order valence-corrected chi connectivity index (χ4v) is 3.81. The van der Waals surface area contributed by atoms with Crippen molar-refractivity contribution >= 4 is 5.91 Å². The number of hydrogen-bond donors (Lipinski definition) is 1. The predicted molar refractivity (Wildman–Crippen MR) is 103 cm³/mol.